The molecule has 0 heterocycles. The van der Waals surface area contributed by atoms with Gasteiger partial charge in [-0.25, -0.2) is 4.79 Å². The molecule has 0 spiro atoms. The van der Waals surface area contributed by atoms with Gasteiger partial charge in [0.2, 0.25) is 5.91 Å². The van der Waals surface area contributed by atoms with Gasteiger partial charge >= 0.3 is 5.97 Å². The van der Waals surface area contributed by atoms with Crippen LogP contribution in [0.5, 0.6) is 0 Å². The van der Waals surface area contributed by atoms with E-state index in [2.05, 4.69) is 5.32 Å². The van der Waals surface area contributed by atoms with Gasteiger partial charge in [-0.3, -0.25) is 9.59 Å². The topological polar surface area (TPSA) is 120 Å². The average molecular weight is 400 g/mol. The van der Waals surface area contributed by atoms with Gasteiger partial charge in [-0.15, -0.1) is 0 Å². The Hall–Kier alpha value is -1.55. The van der Waals surface area contributed by atoms with E-state index in [0.717, 1.165) is 0 Å². The van der Waals surface area contributed by atoms with Crippen LogP contribution in [0.25, 0.3) is 0 Å². The highest BCUT2D eigenvalue weighted by molar-refractivity contribution is 5.84. The number of aliphatic carboxylic acids is 1. The van der Waals surface area contributed by atoms with E-state index in [9.17, 15) is 14.4 Å². The van der Waals surface area contributed by atoms with Gasteiger partial charge in [-0.1, -0.05) is 29.7 Å². The number of carboxylic acid groups (broad SMARTS) is 1. The summed E-state index contributed by atoms with van der Waals surface area (Å²) in [6.07, 6.45) is 0.692. The lowest BCUT2D eigenvalue weighted by Crippen LogP contribution is -2.31. The van der Waals surface area contributed by atoms with Crippen LogP contribution in [0.15, 0.2) is 0 Å². The highest BCUT2D eigenvalue weighted by Crippen LogP contribution is 1.87. The number of ketones is 1. The molecule has 0 rings (SSSR count). The van der Waals surface area contributed by atoms with Gasteiger partial charge in [0.1, 0.15) is 19.0 Å². The number of Topliss-reactive ketones (excluding diaryl/α,β-unsaturated/α-hetero) is 1. The summed E-state index contributed by atoms with van der Waals surface area (Å²) in [7, 11) is 0. The lowest BCUT2D eigenvalue weighted by Gasteiger charge is -2.07. The number of carbonyl (C=O) groups excluding carboxylic acids is 2. The summed E-state index contributed by atoms with van der Waals surface area (Å²) in [5.74, 6) is -1.45. The Balaban J connectivity index is -0.000000403. The number of carbonyl (C=O) groups is 3. The molecule has 1 amide bonds. The second kappa shape index (κ2) is 26.7. The van der Waals surface area contributed by atoms with Crippen LogP contribution >= 0.6 is 0 Å². The predicted octanol–water partition coefficient (Wildman–Crippen LogP) is 1.78. The SMILES string of the molecule is C.C.C.C.CC(=O)CNC(=O)COCCOCCCOCCOCC(=O)O. The molecule has 0 radical (unpaired) electrons. The van der Waals surface area contributed by atoms with Crippen LogP contribution in [-0.4, -0.2) is 82.2 Å². The second-order valence-electron chi connectivity index (χ2n) is 4.56. The van der Waals surface area contributed by atoms with E-state index in [1.807, 2.05) is 0 Å². The van der Waals surface area contributed by atoms with Crippen LogP contribution in [-0.2, 0) is 33.3 Å². The Morgan fingerprint density at radius 2 is 1.19 bits per heavy atom. The lowest BCUT2D eigenvalue weighted by molar-refractivity contribution is -0.142. The third-order valence-electron chi connectivity index (χ3n) is 2.31. The number of ether oxygens (including phenoxy) is 4. The second-order valence-corrected chi connectivity index (χ2v) is 4.56. The van der Waals surface area contributed by atoms with Crippen molar-refractivity contribution in [2.24, 2.45) is 0 Å². The predicted molar refractivity (Wildman–Crippen MR) is 106 cm³/mol. The number of carboxylic acids is 1. The molecule has 27 heavy (non-hydrogen) atoms. The van der Waals surface area contributed by atoms with Crippen molar-refractivity contribution in [3.8, 4) is 0 Å². The van der Waals surface area contributed by atoms with Gasteiger partial charge in [-0.05, 0) is 13.3 Å². The van der Waals surface area contributed by atoms with E-state index in [4.69, 9.17) is 24.1 Å². The van der Waals surface area contributed by atoms with E-state index < -0.39 is 5.97 Å². The number of rotatable bonds is 16. The van der Waals surface area contributed by atoms with Crippen LogP contribution in [0.4, 0.5) is 0 Å². The Morgan fingerprint density at radius 3 is 1.63 bits per heavy atom. The van der Waals surface area contributed by atoms with E-state index in [0.29, 0.717) is 32.8 Å². The fraction of sp³-hybridized carbons (Fsp3) is 0.833. The maximum atomic E-state index is 11.2. The molecule has 0 aliphatic rings. The standard InChI is InChI=1S/C14H25NO8.4CH4/c1-12(16)9-15-13(17)10-22-7-5-20-3-2-4-21-6-8-23-11-14(18)19;;;;/h2-11H2,1H3,(H,15,17)(H,18,19);4*1H4. The number of hydrogen-bond acceptors (Lipinski definition) is 7. The minimum Gasteiger partial charge on any atom is -0.480 e. The van der Waals surface area contributed by atoms with Crippen molar-refractivity contribution in [2.75, 3.05) is 59.4 Å². The van der Waals surface area contributed by atoms with Crippen LogP contribution in [0.2, 0.25) is 0 Å². The third kappa shape index (κ3) is 32.6. The molecule has 0 fully saturated rings. The minimum atomic E-state index is -1.00. The molecule has 0 aliphatic carbocycles. The zero-order valence-electron chi connectivity index (χ0n) is 13.4. The first-order chi connectivity index (χ1) is 11.0. The minimum absolute atomic E-state index is 0. The van der Waals surface area contributed by atoms with Gasteiger partial charge < -0.3 is 29.4 Å². The Bertz CT molecular complexity index is 350. The van der Waals surface area contributed by atoms with Crippen molar-refractivity contribution < 1.29 is 38.4 Å². The molecule has 0 atom stereocenters. The third-order valence-corrected chi connectivity index (χ3v) is 2.31. The largest absolute Gasteiger partial charge is 0.480 e. The molecular formula is C18H41NO8. The zero-order valence-corrected chi connectivity index (χ0v) is 13.4. The lowest BCUT2D eigenvalue weighted by atomic mass is 10.4. The average Bonchev–Trinajstić information content (AvgIpc) is 2.49. The molecule has 0 saturated heterocycles. The van der Waals surface area contributed by atoms with Crippen molar-refractivity contribution in [3.05, 3.63) is 0 Å². The fourth-order valence-corrected chi connectivity index (χ4v) is 1.30. The Morgan fingerprint density at radius 1 is 0.741 bits per heavy atom. The molecule has 0 unspecified atom stereocenters. The van der Waals surface area contributed by atoms with Crippen LogP contribution < -0.4 is 5.32 Å². The number of nitrogens with one attached hydrogen (secondary N) is 1. The Kier molecular flexibility index (Phi) is 35.9. The summed E-state index contributed by atoms with van der Waals surface area (Å²) in [5.41, 5.74) is 0. The molecule has 2 N–H and O–H groups in total. The fourth-order valence-electron chi connectivity index (χ4n) is 1.30. The van der Waals surface area contributed by atoms with Crippen molar-refractivity contribution in [2.45, 2.75) is 43.1 Å². The van der Waals surface area contributed by atoms with Gasteiger partial charge in [0.15, 0.2) is 0 Å². The zero-order chi connectivity index (χ0) is 17.3. The first-order valence-corrected chi connectivity index (χ1v) is 7.31. The first kappa shape index (κ1) is 36.4. The highest BCUT2D eigenvalue weighted by Gasteiger charge is 2.02. The van der Waals surface area contributed by atoms with E-state index in [1.54, 1.807) is 0 Å². The van der Waals surface area contributed by atoms with Crippen molar-refractivity contribution >= 4 is 17.7 Å². The van der Waals surface area contributed by atoms with E-state index >= 15 is 0 Å². The van der Waals surface area contributed by atoms with E-state index in [1.165, 1.54) is 6.92 Å². The van der Waals surface area contributed by atoms with E-state index in [-0.39, 0.29) is 74.4 Å². The summed E-state index contributed by atoms with van der Waals surface area (Å²) in [5, 5.41) is 10.7. The molecule has 9 nitrogen and oxygen atoms in total. The van der Waals surface area contributed by atoms with Crippen molar-refractivity contribution in [3.63, 3.8) is 0 Å². The molecule has 0 aromatic rings. The van der Waals surface area contributed by atoms with Crippen molar-refractivity contribution in [1.29, 1.82) is 0 Å². The Labute approximate surface area is 164 Å². The molecule has 0 aromatic heterocycles. The summed E-state index contributed by atoms with van der Waals surface area (Å²) < 4.78 is 20.4. The van der Waals surface area contributed by atoms with Gasteiger partial charge in [0.05, 0.1) is 33.0 Å². The maximum absolute atomic E-state index is 11.2. The maximum Gasteiger partial charge on any atom is 0.329 e. The highest BCUT2D eigenvalue weighted by atomic mass is 16.5. The molecule has 0 aromatic carbocycles. The van der Waals surface area contributed by atoms with Gasteiger partial charge in [0, 0.05) is 13.2 Å². The smallest absolute Gasteiger partial charge is 0.329 e. The monoisotopic (exact) mass is 399 g/mol. The first-order valence-electron chi connectivity index (χ1n) is 7.31. The van der Waals surface area contributed by atoms with Crippen molar-refractivity contribution in [1.82, 2.24) is 5.32 Å². The van der Waals surface area contributed by atoms with Crippen LogP contribution in [0.3, 0.4) is 0 Å². The molecule has 9 heteroatoms. The summed E-state index contributed by atoms with van der Waals surface area (Å²) >= 11 is 0. The summed E-state index contributed by atoms with van der Waals surface area (Å²) in [6.45, 7) is 3.20. The molecule has 166 valence electrons. The summed E-state index contributed by atoms with van der Waals surface area (Å²) in [4.78, 5) is 32.0. The summed E-state index contributed by atoms with van der Waals surface area (Å²) in [6, 6.07) is 0. The molecular weight excluding hydrogens is 358 g/mol. The van der Waals surface area contributed by atoms with Gasteiger partial charge in [-0.2, -0.15) is 0 Å². The van der Waals surface area contributed by atoms with Gasteiger partial charge in [0.25, 0.3) is 0 Å². The number of amides is 1. The molecule has 0 bridgehead atoms. The van der Waals surface area contributed by atoms with Crippen LogP contribution in [0.1, 0.15) is 43.1 Å². The molecule has 0 aliphatic heterocycles. The quantitative estimate of drug-likeness (QED) is 0.377. The normalized spacial score (nSPS) is 8.93. The number of hydrogen-bond donors (Lipinski definition) is 2. The molecule has 0 saturated carbocycles. The van der Waals surface area contributed by atoms with Crippen LogP contribution in [0, 0.1) is 0 Å².